The number of para-hydroxylation sites is 2. The largest absolute Gasteiger partial charge is 0.311 e. The molecule has 1 aromatic heterocycles. The molecule has 1 heterocycles. The van der Waals surface area contributed by atoms with Crippen LogP contribution < -0.4 is 4.90 Å². The van der Waals surface area contributed by atoms with Crippen LogP contribution in [-0.4, -0.2) is 4.57 Å². The summed E-state index contributed by atoms with van der Waals surface area (Å²) < 4.78 is 2.36. The lowest BCUT2D eigenvalue weighted by atomic mass is 10.00. The molecule has 10 rings (SSSR count). The van der Waals surface area contributed by atoms with E-state index in [1.54, 1.807) is 0 Å². The van der Waals surface area contributed by atoms with E-state index < -0.39 is 0 Å². The predicted molar refractivity (Wildman–Crippen MR) is 237 cm³/mol. The Morgan fingerprint density at radius 2 is 0.500 bits per heavy atom. The Hall–Kier alpha value is -7.42. The fourth-order valence-corrected chi connectivity index (χ4v) is 7.98. The second-order valence-electron chi connectivity index (χ2n) is 14.2. The van der Waals surface area contributed by atoms with Gasteiger partial charge >= 0.3 is 0 Å². The van der Waals surface area contributed by atoms with Crippen molar-refractivity contribution in [3.8, 4) is 50.2 Å². The van der Waals surface area contributed by atoms with Crippen LogP contribution in [0.4, 0.5) is 17.1 Å². The molecule has 0 fully saturated rings. The van der Waals surface area contributed by atoms with Crippen molar-refractivity contribution in [3.05, 3.63) is 231 Å². The average molecular weight is 715 g/mol. The van der Waals surface area contributed by atoms with E-state index in [1.165, 1.54) is 66.3 Å². The molecule has 0 N–H and O–H groups in total. The summed E-state index contributed by atoms with van der Waals surface area (Å²) in [4.78, 5) is 2.34. The molecule has 0 saturated carbocycles. The summed E-state index contributed by atoms with van der Waals surface area (Å²) in [6, 6.07) is 82.9. The first kappa shape index (κ1) is 33.2. The molecule has 0 saturated heterocycles. The minimum Gasteiger partial charge on any atom is -0.311 e. The van der Waals surface area contributed by atoms with Crippen molar-refractivity contribution in [1.82, 2.24) is 4.57 Å². The van der Waals surface area contributed by atoms with Gasteiger partial charge in [-0.05, 0) is 105 Å². The van der Waals surface area contributed by atoms with Crippen LogP contribution in [0.1, 0.15) is 0 Å². The zero-order valence-corrected chi connectivity index (χ0v) is 30.8. The predicted octanol–water partition coefficient (Wildman–Crippen LogP) is 14.9. The van der Waals surface area contributed by atoms with Gasteiger partial charge in [0.25, 0.3) is 0 Å². The summed E-state index contributed by atoms with van der Waals surface area (Å²) in [5.74, 6) is 0. The Balaban J connectivity index is 0.967. The third kappa shape index (κ3) is 6.24. The van der Waals surface area contributed by atoms with E-state index in [0.717, 1.165) is 22.7 Å². The number of anilines is 3. The van der Waals surface area contributed by atoms with Gasteiger partial charge in [0.15, 0.2) is 0 Å². The third-order valence-electron chi connectivity index (χ3n) is 10.8. The van der Waals surface area contributed by atoms with Gasteiger partial charge in [0.1, 0.15) is 0 Å². The Labute approximate surface area is 327 Å². The van der Waals surface area contributed by atoms with Crippen LogP contribution in [0.3, 0.4) is 0 Å². The number of hydrogen-bond donors (Lipinski definition) is 0. The molecule has 264 valence electrons. The van der Waals surface area contributed by atoms with E-state index in [4.69, 9.17) is 0 Å². The quantitative estimate of drug-likeness (QED) is 0.152. The second-order valence-corrected chi connectivity index (χ2v) is 14.2. The minimum absolute atomic E-state index is 1.10. The van der Waals surface area contributed by atoms with Gasteiger partial charge in [-0.25, -0.2) is 0 Å². The highest BCUT2D eigenvalue weighted by Gasteiger charge is 2.15. The highest BCUT2D eigenvalue weighted by atomic mass is 15.1. The summed E-state index contributed by atoms with van der Waals surface area (Å²) >= 11 is 0. The van der Waals surface area contributed by atoms with Crippen LogP contribution in [0.2, 0.25) is 0 Å². The van der Waals surface area contributed by atoms with E-state index in [1.807, 2.05) is 0 Å². The van der Waals surface area contributed by atoms with Crippen molar-refractivity contribution in [1.29, 1.82) is 0 Å². The lowest BCUT2D eigenvalue weighted by Crippen LogP contribution is -2.09. The molecule has 0 spiro atoms. The molecule has 0 radical (unpaired) electrons. The lowest BCUT2D eigenvalue weighted by Gasteiger charge is -2.26. The van der Waals surface area contributed by atoms with Crippen LogP contribution in [0, 0.1) is 0 Å². The standard InChI is InChI=1S/C54H38N2/c1-3-11-39(12-4-1)41-19-21-42(22-20-41)44-25-33-48(34-26-44)55(47-31-23-43(24-32-47)40-13-5-2-6-14-40)49-35-27-45(28-36-49)46-29-37-50(38-30-46)56-53-17-9-7-15-51(53)52-16-8-10-18-54(52)56/h1-38H. The van der Waals surface area contributed by atoms with Crippen molar-refractivity contribution < 1.29 is 0 Å². The van der Waals surface area contributed by atoms with Crippen molar-refractivity contribution in [2.24, 2.45) is 0 Å². The summed E-state index contributed by atoms with van der Waals surface area (Å²) in [5, 5.41) is 2.54. The van der Waals surface area contributed by atoms with Gasteiger partial charge in [0.05, 0.1) is 11.0 Å². The zero-order chi connectivity index (χ0) is 37.3. The molecule has 0 aliphatic carbocycles. The van der Waals surface area contributed by atoms with E-state index >= 15 is 0 Å². The maximum absolute atomic E-state index is 2.36. The SMILES string of the molecule is c1ccc(-c2ccc(-c3ccc(N(c4ccc(-c5ccccc5)cc4)c4ccc(-c5ccc(-n6c7ccccc7c7ccccc76)cc5)cc4)cc3)cc2)cc1. The van der Waals surface area contributed by atoms with Gasteiger partial charge in [-0.2, -0.15) is 0 Å². The molecule has 10 aromatic rings. The summed E-state index contributed by atoms with van der Waals surface area (Å²) in [6.07, 6.45) is 0. The maximum Gasteiger partial charge on any atom is 0.0541 e. The highest BCUT2D eigenvalue weighted by Crippen LogP contribution is 2.38. The number of benzene rings is 9. The van der Waals surface area contributed by atoms with Gasteiger partial charge in [0.2, 0.25) is 0 Å². The van der Waals surface area contributed by atoms with Crippen molar-refractivity contribution in [2.75, 3.05) is 4.90 Å². The van der Waals surface area contributed by atoms with Gasteiger partial charge in [-0.1, -0.05) is 170 Å². The van der Waals surface area contributed by atoms with Crippen LogP contribution in [0.15, 0.2) is 231 Å². The fraction of sp³-hybridized carbons (Fsp3) is 0. The minimum atomic E-state index is 1.10. The molecule has 2 heteroatoms. The summed E-state index contributed by atoms with van der Waals surface area (Å²) in [6.45, 7) is 0. The Kier molecular flexibility index (Phi) is 8.55. The molecular weight excluding hydrogens is 677 g/mol. The highest BCUT2D eigenvalue weighted by molar-refractivity contribution is 6.09. The fourth-order valence-electron chi connectivity index (χ4n) is 7.98. The van der Waals surface area contributed by atoms with Crippen molar-refractivity contribution in [2.45, 2.75) is 0 Å². The second kappa shape index (κ2) is 14.4. The van der Waals surface area contributed by atoms with E-state index in [0.29, 0.717) is 0 Å². The number of aromatic nitrogens is 1. The number of rotatable bonds is 8. The third-order valence-corrected chi connectivity index (χ3v) is 10.8. The first-order valence-electron chi connectivity index (χ1n) is 19.2. The molecule has 0 atom stereocenters. The first-order chi connectivity index (χ1) is 27.8. The Bertz CT molecular complexity index is 2840. The van der Waals surface area contributed by atoms with E-state index in [9.17, 15) is 0 Å². The average Bonchev–Trinajstić information content (AvgIpc) is 3.62. The zero-order valence-electron chi connectivity index (χ0n) is 30.8. The Morgan fingerprint density at radius 3 is 0.857 bits per heavy atom. The smallest absolute Gasteiger partial charge is 0.0541 e. The normalized spacial score (nSPS) is 11.2. The monoisotopic (exact) mass is 714 g/mol. The van der Waals surface area contributed by atoms with E-state index in [-0.39, 0.29) is 0 Å². The van der Waals surface area contributed by atoms with Gasteiger partial charge in [-0.3, -0.25) is 0 Å². The molecular formula is C54H38N2. The number of fused-ring (bicyclic) bond motifs is 3. The molecule has 0 aliphatic rings. The van der Waals surface area contributed by atoms with E-state index in [2.05, 4.69) is 240 Å². The Morgan fingerprint density at radius 1 is 0.232 bits per heavy atom. The van der Waals surface area contributed by atoms with Gasteiger partial charge in [-0.15, -0.1) is 0 Å². The maximum atomic E-state index is 2.36. The summed E-state index contributed by atoms with van der Waals surface area (Å²) in [7, 11) is 0. The lowest BCUT2D eigenvalue weighted by molar-refractivity contribution is 1.18. The van der Waals surface area contributed by atoms with Crippen molar-refractivity contribution >= 4 is 38.9 Å². The molecule has 0 unspecified atom stereocenters. The topological polar surface area (TPSA) is 8.17 Å². The van der Waals surface area contributed by atoms with Crippen LogP contribution in [0.25, 0.3) is 72.0 Å². The van der Waals surface area contributed by atoms with Crippen LogP contribution in [0.5, 0.6) is 0 Å². The van der Waals surface area contributed by atoms with Crippen molar-refractivity contribution in [3.63, 3.8) is 0 Å². The van der Waals surface area contributed by atoms with Crippen LogP contribution in [-0.2, 0) is 0 Å². The molecule has 0 aliphatic heterocycles. The van der Waals surface area contributed by atoms with Crippen LogP contribution >= 0.6 is 0 Å². The number of hydrogen-bond acceptors (Lipinski definition) is 1. The first-order valence-corrected chi connectivity index (χ1v) is 19.2. The van der Waals surface area contributed by atoms with Gasteiger partial charge < -0.3 is 9.47 Å². The van der Waals surface area contributed by atoms with Gasteiger partial charge in [0, 0.05) is 33.5 Å². The molecule has 9 aromatic carbocycles. The molecule has 56 heavy (non-hydrogen) atoms. The summed E-state index contributed by atoms with van der Waals surface area (Å²) in [5.41, 5.74) is 16.5. The molecule has 0 bridgehead atoms. The molecule has 2 nitrogen and oxygen atoms in total. The molecule has 0 amide bonds. The number of nitrogens with zero attached hydrogens (tertiary/aromatic N) is 2.